The van der Waals surface area contributed by atoms with Gasteiger partial charge in [0.15, 0.2) is 0 Å². The van der Waals surface area contributed by atoms with Crippen LogP contribution in [0.2, 0.25) is 0 Å². The van der Waals surface area contributed by atoms with E-state index in [1.165, 1.54) is 5.69 Å². The minimum Gasteiger partial charge on any atom is -0.497 e. The first-order valence-corrected chi connectivity index (χ1v) is 4.96. The van der Waals surface area contributed by atoms with Crippen LogP contribution in [0.4, 0.5) is 5.69 Å². The van der Waals surface area contributed by atoms with Gasteiger partial charge in [-0.05, 0) is 26.0 Å². The Kier molecular flexibility index (Phi) is 3.53. The zero-order valence-corrected chi connectivity index (χ0v) is 9.45. The van der Waals surface area contributed by atoms with E-state index in [9.17, 15) is 0 Å². The number of benzene rings is 1. The lowest BCUT2D eigenvalue weighted by molar-refractivity contribution is 0.408. The molecule has 0 saturated carbocycles. The first kappa shape index (κ1) is 11.1. The second kappa shape index (κ2) is 4.47. The van der Waals surface area contributed by atoms with Gasteiger partial charge in [0.1, 0.15) is 18.0 Å². The van der Waals surface area contributed by atoms with Crippen LogP contribution in [0.15, 0.2) is 24.3 Å². The summed E-state index contributed by atoms with van der Waals surface area (Å²) in [6, 6.07) is 8.24. The number of ether oxygens (including phenoxy) is 1. The Labute approximate surface area is 86.7 Å². The van der Waals surface area contributed by atoms with Crippen molar-refractivity contribution in [3.63, 3.8) is 0 Å². The Morgan fingerprint density at radius 1 is 1.29 bits per heavy atom. The lowest BCUT2D eigenvalue weighted by atomic mass is 10.2. The van der Waals surface area contributed by atoms with Crippen molar-refractivity contribution in [2.45, 2.75) is 13.8 Å². The van der Waals surface area contributed by atoms with Crippen LogP contribution in [-0.2, 0) is 0 Å². The molecule has 1 atom stereocenters. The van der Waals surface area contributed by atoms with Gasteiger partial charge in [0, 0.05) is 12.1 Å². The third kappa shape index (κ3) is 2.07. The molecule has 1 unspecified atom stereocenters. The molecule has 0 aromatic heterocycles. The van der Waals surface area contributed by atoms with Gasteiger partial charge in [-0.25, -0.2) is 0 Å². The van der Waals surface area contributed by atoms with E-state index in [1.54, 1.807) is 7.11 Å². The van der Waals surface area contributed by atoms with Crippen LogP contribution in [0.25, 0.3) is 0 Å². The van der Waals surface area contributed by atoms with E-state index >= 15 is 0 Å². The Morgan fingerprint density at radius 3 is 2.21 bits per heavy atom. The van der Waals surface area contributed by atoms with Gasteiger partial charge >= 0.3 is 0 Å². The molecule has 1 rings (SSSR count). The molecule has 0 fully saturated rings. The maximum absolute atomic E-state index is 5.13. The molecule has 0 saturated heterocycles. The summed E-state index contributed by atoms with van der Waals surface area (Å²) in [6.07, 6.45) is 0. The molecule has 1 aromatic carbocycles. The van der Waals surface area contributed by atoms with Gasteiger partial charge in [-0.2, -0.15) is 0 Å². The van der Waals surface area contributed by atoms with Crippen LogP contribution in [0.5, 0.6) is 5.75 Å². The molecule has 77 valence electrons. The highest BCUT2D eigenvalue weighted by Crippen LogP contribution is 2.24. The van der Waals surface area contributed by atoms with E-state index in [2.05, 4.69) is 39.6 Å². The number of nitrogens with zero attached hydrogens (tertiary/aromatic N) is 1. The van der Waals surface area contributed by atoms with E-state index in [0.29, 0.717) is 0 Å². The Morgan fingerprint density at radius 2 is 1.86 bits per heavy atom. The predicted octanol–water partition coefficient (Wildman–Crippen LogP) is 2.83. The van der Waals surface area contributed by atoms with Crippen molar-refractivity contribution in [3.8, 4) is 5.75 Å². The van der Waals surface area contributed by atoms with E-state index < -0.39 is 0 Å². The van der Waals surface area contributed by atoms with Gasteiger partial charge < -0.3 is 4.74 Å². The second-order valence-corrected chi connectivity index (χ2v) is 3.54. The smallest absolute Gasteiger partial charge is 0.143 e. The molecule has 1 aromatic rings. The molecule has 0 aliphatic rings. The van der Waals surface area contributed by atoms with Gasteiger partial charge in [0.2, 0.25) is 0 Å². The predicted molar refractivity (Wildman–Crippen MR) is 61.2 cm³/mol. The van der Waals surface area contributed by atoms with E-state index in [4.69, 9.17) is 4.74 Å². The van der Waals surface area contributed by atoms with E-state index in [0.717, 1.165) is 16.8 Å². The summed E-state index contributed by atoms with van der Waals surface area (Å²) in [5, 5.41) is 0. The fourth-order valence-electron chi connectivity index (χ4n) is 1.44. The zero-order valence-electron chi connectivity index (χ0n) is 9.45. The van der Waals surface area contributed by atoms with E-state index in [1.807, 2.05) is 12.1 Å². The Bertz CT molecular complexity index is 275. The van der Waals surface area contributed by atoms with E-state index in [-0.39, 0.29) is 0 Å². The van der Waals surface area contributed by atoms with Crippen LogP contribution in [0.1, 0.15) is 13.8 Å². The summed E-state index contributed by atoms with van der Waals surface area (Å²) < 4.78 is 5.98. The fourth-order valence-corrected chi connectivity index (χ4v) is 1.44. The molecular formula is C12H19NO+. The first-order chi connectivity index (χ1) is 6.66. The van der Waals surface area contributed by atoms with Crippen molar-refractivity contribution in [1.82, 2.24) is 4.48 Å². The van der Waals surface area contributed by atoms with Crippen molar-refractivity contribution >= 4 is 5.69 Å². The number of methoxy groups -OCH3 is 1. The molecule has 0 N–H and O–H groups in total. The zero-order chi connectivity index (χ0) is 10.6. The van der Waals surface area contributed by atoms with Crippen LogP contribution in [0, 0.1) is 6.54 Å². The van der Waals surface area contributed by atoms with Crippen LogP contribution >= 0.6 is 0 Å². The third-order valence-electron chi connectivity index (χ3n) is 2.89. The monoisotopic (exact) mass is 193 g/mol. The van der Waals surface area contributed by atoms with Crippen molar-refractivity contribution in [2.24, 2.45) is 0 Å². The maximum atomic E-state index is 5.13. The molecule has 0 heterocycles. The average Bonchev–Trinajstić information content (AvgIpc) is 2.28. The van der Waals surface area contributed by atoms with Crippen LogP contribution in [-0.4, -0.2) is 20.7 Å². The van der Waals surface area contributed by atoms with Gasteiger partial charge in [0.05, 0.1) is 20.7 Å². The summed E-state index contributed by atoms with van der Waals surface area (Å²) in [5.41, 5.74) is 1.29. The Hall–Kier alpha value is -1.02. The highest BCUT2D eigenvalue weighted by Gasteiger charge is 2.20. The summed E-state index contributed by atoms with van der Waals surface area (Å²) in [5.74, 6) is 0.910. The largest absolute Gasteiger partial charge is 0.497 e. The molecule has 1 radical (unpaired) electrons. The van der Waals surface area contributed by atoms with Crippen molar-refractivity contribution in [2.75, 3.05) is 20.7 Å². The molecule has 2 heteroatoms. The lowest BCUT2D eigenvalue weighted by Crippen LogP contribution is -2.40. The fraction of sp³-hybridized carbons (Fsp3) is 0.417. The average molecular weight is 193 g/mol. The molecular weight excluding hydrogens is 174 g/mol. The second-order valence-electron chi connectivity index (χ2n) is 3.54. The van der Waals surface area contributed by atoms with Crippen molar-refractivity contribution in [3.05, 3.63) is 30.8 Å². The number of hydrogen-bond donors (Lipinski definition) is 0. The van der Waals surface area contributed by atoms with Crippen molar-refractivity contribution < 1.29 is 4.74 Å². The quantitative estimate of drug-likeness (QED) is 0.668. The Balaban J connectivity index is 2.95. The SMILES string of the molecule is C[CH][N+](C)(CC)c1ccc(OC)cc1. The standard InChI is InChI=1S/C12H19NO/c1-5-13(3,6-2)11-7-9-12(14-4)10-8-11/h5,7-10H,6H2,1-4H3/q+1. The molecule has 2 nitrogen and oxygen atoms in total. The highest BCUT2D eigenvalue weighted by molar-refractivity contribution is 5.46. The third-order valence-corrected chi connectivity index (χ3v) is 2.89. The normalized spacial score (nSPS) is 11.4. The van der Waals surface area contributed by atoms with Gasteiger partial charge in [0.25, 0.3) is 0 Å². The van der Waals surface area contributed by atoms with Gasteiger partial charge in [-0.15, -0.1) is 0 Å². The minimum atomic E-state index is 0.851. The molecule has 0 spiro atoms. The molecule has 0 aliphatic carbocycles. The minimum absolute atomic E-state index is 0.851. The van der Waals surface area contributed by atoms with Crippen molar-refractivity contribution in [1.29, 1.82) is 0 Å². The molecule has 0 aliphatic heterocycles. The summed E-state index contributed by atoms with van der Waals surface area (Å²) >= 11 is 0. The van der Waals surface area contributed by atoms with Crippen LogP contribution < -0.4 is 9.22 Å². The van der Waals surface area contributed by atoms with Crippen LogP contribution in [0.3, 0.4) is 0 Å². The molecule has 0 bridgehead atoms. The summed E-state index contributed by atoms with van der Waals surface area (Å²) in [7, 11) is 3.89. The summed E-state index contributed by atoms with van der Waals surface area (Å²) in [4.78, 5) is 0. The number of rotatable bonds is 4. The topological polar surface area (TPSA) is 9.23 Å². The molecule has 0 amide bonds. The number of hydrogen-bond acceptors (Lipinski definition) is 1. The highest BCUT2D eigenvalue weighted by atomic mass is 16.5. The van der Waals surface area contributed by atoms with Gasteiger partial charge in [-0.1, -0.05) is 0 Å². The van der Waals surface area contributed by atoms with Gasteiger partial charge in [-0.3, -0.25) is 4.48 Å². The number of quaternary nitrogens is 1. The first-order valence-electron chi connectivity index (χ1n) is 4.96. The summed E-state index contributed by atoms with van der Waals surface area (Å²) in [6.45, 7) is 7.53. The molecule has 14 heavy (non-hydrogen) atoms. The lowest BCUT2D eigenvalue weighted by Gasteiger charge is -2.30. The maximum Gasteiger partial charge on any atom is 0.143 e.